The van der Waals surface area contributed by atoms with E-state index in [4.69, 9.17) is 0 Å². The molecule has 1 N–H and O–H groups in total. The Labute approximate surface area is 216 Å². The lowest BCUT2D eigenvalue weighted by molar-refractivity contribution is -0.116. The Morgan fingerprint density at radius 2 is 1.76 bits per heavy atom. The third-order valence-electron chi connectivity index (χ3n) is 6.69. The number of nitrogens with zero attached hydrogens (tertiary/aromatic N) is 3. The number of nitrogens with one attached hydrogen (secondary N) is 1. The molecule has 4 aromatic rings. The Balaban J connectivity index is 1.14. The van der Waals surface area contributed by atoms with Crippen molar-refractivity contribution in [3.63, 3.8) is 0 Å². The molecule has 1 aliphatic rings. The first-order chi connectivity index (χ1) is 18.4. The summed E-state index contributed by atoms with van der Waals surface area (Å²) in [6, 6.07) is 18.4. The fraction of sp³-hybridized carbons (Fsp3) is 0.250. The van der Waals surface area contributed by atoms with Crippen LogP contribution in [-0.4, -0.2) is 46.0 Å². The number of piperidine rings is 1. The van der Waals surface area contributed by atoms with Crippen LogP contribution < -0.4 is 10.1 Å². The predicted octanol–water partition coefficient (Wildman–Crippen LogP) is 5.44. The molecular formula is C28H25F3N4O3. The Bertz CT molecular complexity index is 1450. The number of ether oxygens (including phenoxy) is 1. The second-order valence-corrected chi connectivity index (χ2v) is 9.12. The molecule has 1 aliphatic heterocycles. The highest BCUT2D eigenvalue weighted by Gasteiger charge is 2.26. The van der Waals surface area contributed by atoms with E-state index in [9.17, 15) is 22.8 Å². The van der Waals surface area contributed by atoms with Crippen LogP contribution in [0.3, 0.4) is 0 Å². The average Bonchev–Trinajstić information content (AvgIpc) is 3.31. The number of amides is 2. The van der Waals surface area contributed by atoms with Crippen molar-refractivity contribution < 1.29 is 27.5 Å². The van der Waals surface area contributed by atoms with Gasteiger partial charge in [0.25, 0.3) is 5.91 Å². The predicted molar refractivity (Wildman–Crippen MR) is 136 cm³/mol. The fourth-order valence-electron chi connectivity index (χ4n) is 4.76. The molecule has 0 saturated carbocycles. The van der Waals surface area contributed by atoms with Gasteiger partial charge in [0.2, 0.25) is 5.91 Å². The van der Waals surface area contributed by atoms with Crippen LogP contribution in [0.5, 0.6) is 5.75 Å². The summed E-state index contributed by atoms with van der Waals surface area (Å²) in [6.07, 6.45) is 3.04. The van der Waals surface area contributed by atoms with Crippen molar-refractivity contribution in [2.75, 3.05) is 18.4 Å². The highest BCUT2D eigenvalue weighted by Crippen LogP contribution is 2.30. The SMILES string of the molecule is O=C(Cn1cnc2ccccc21)Nc1ccc(C2CCN(C(=O)c3ccc(OC(F)F)cc3F)CC2)cc1. The highest BCUT2D eigenvalue weighted by molar-refractivity contribution is 5.94. The first-order valence-electron chi connectivity index (χ1n) is 12.2. The number of fused-ring (bicyclic) bond motifs is 1. The first-order valence-corrected chi connectivity index (χ1v) is 12.2. The molecule has 0 aliphatic carbocycles. The molecule has 2 heterocycles. The van der Waals surface area contributed by atoms with E-state index < -0.39 is 18.3 Å². The van der Waals surface area contributed by atoms with Crippen molar-refractivity contribution in [3.8, 4) is 5.75 Å². The van der Waals surface area contributed by atoms with Gasteiger partial charge in [-0.1, -0.05) is 24.3 Å². The van der Waals surface area contributed by atoms with Crippen molar-refractivity contribution in [1.29, 1.82) is 0 Å². The van der Waals surface area contributed by atoms with Gasteiger partial charge in [0.15, 0.2) is 0 Å². The Kier molecular flexibility index (Phi) is 7.30. The molecule has 0 atom stereocenters. The molecule has 38 heavy (non-hydrogen) atoms. The lowest BCUT2D eigenvalue weighted by atomic mass is 9.89. The summed E-state index contributed by atoms with van der Waals surface area (Å²) in [7, 11) is 0. The Hall–Kier alpha value is -4.34. The van der Waals surface area contributed by atoms with Crippen LogP contribution >= 0.6 is 0 Å². The van der Waals surface area contributed by atoms with Gasteiger partial charge >= 0.3 is 6.61 Å². The molecular weight excluding hydrogens is 497 g/mol. The van der Waals surface area contributed by atoms with Crippen LogP contribution in [0.1, 0.15) is 34.7 Å². The summed E-state index contributed by atoms with van der Waals surface area (Å²) < 4.78 is 45.0. The van der Waals surface area contributed by atoms with Crippen LogP contribution in [0.15, 0.2) is 73.1 Å². The number of para-hydroxylation sites is 2. The molecule has 2 amide bonds. The molecule has 1 fully saturated rings. The number of carbonyl (C=O) groups is 2. The molecule has 1 aromatic heterocycles. The third-order valence-corrected chi connectivity index (χ3v) is 6.69. The first kappa shape index (κ1) is 25.3. The second-order valence-electron chi connectivity index (χ2n) is 9.12. The molecule has 0 bridgehead atoms. The van der Waals surface area contributed by atoms with Gasteiger partial charge in [-0.25, -0.2) is 9.37 Å². The van der Waals surface area contributed by atoms with Gasteiger partial charge in [0.05, 0.1) is 22.9 Å². The van der Waals surface area contributed by atoms with E-state index in [1.165, 1.54) is 6.07 Å². The summed E-state index contributed by atoms with van der Waals surface area (Å²) in [5.41, 5.74) is 3.33. The number of hydrogen-bond acceptors (Lipinski definition) is 4. The number of carbonyl (C=O) groups excluding carboxylic acids is 2. The van der Waals surface area contributed by atoms with E-state index >= 15 is 0 Å². The lowest BCUT2D eigenvalue weighted by Crippen LogP contribution is -2.38. The number of rotatable bonds is 7. The number of hydrogen-bond donors (Lipinski definition) is 1. The number of aromatic nitrogens is 2. The van der Waals surface area contributed by atoms with E-state index in [1.54, 1.807) is 15.8 Å². The van der Waals surface area contributed by atoms with E-state index in [1.807, 2.05) is 48.5 Å². The largest absolute Gasteiger partial charge is 0.435 e. The summed E-state index contributed by atoms with van der Waals surface area (Å²) in [5.74, 6) is -1.65. The summed E-state index contributed by atoms with van der Waals surface area (Å²) in [4.78, 5) is 31.2. The zero-order chi connectivity index (χ0) is 26.6. The normalized spacial score (nSPS) is 14.2. The molecule has 5 rings (SSSR count). The highest BCUT2D eigenvalue weighted by atomic mass is 19.3. The monoisotopic (exact) mass is 522 g/mol. The third kappa shape index (κ3) is 5.64. The summed E-state index contributed by atoms with van der Waals surface area (Å²) in [5, 5.41) is 2.91. The maximum atomic E-state index is 14.3. The maximum Gasteiger partial charge on any atom is 0.387 e. The molecule has 1 saturated heterocycles. The van der Waals surface area contributed by atoms with Crippen molar-refractivity contribution in [3.05, 3.63) is 90.0 Å². The van der Waals surface area contributed by atoms with Crippen molar-refractivity contribution in [2.45, 2.75) is 31.9 Å². The Morgan fingerprint density at radius 3 is 2.47 bits per heavy atom. The van der Waals surface area contributed by atoms with Crippen molar-refractivity contribution in [1.82, 2.24) is 14.5 Å². The van der Waals surface area contributed by atoms with Gasteiger partial charge < -0.3 is 19.5 Å². The van der Waals surface area contributed by atoms with Gasteiger partial charge in [0, 0.05) is 24.8 Å². The van der Waals surface area contributed by atoms with Crippen molar-refractivity contribution >= 4 is 28.5 Å². The number of halogens is 3. The van der Waals surface area contributed by atoms with E-state index in [-0.39, 0.29) is 29.7 Å². The van der Waals surface area contributed by atoms with Crippen LogP contribution in [0.25, 0.3) is 11.0 Å². The number of benzene rings is 3. The number of anilines is 1. The van der Waals surface area contributed by atoms with Gasteiger partial charge in [-0.15, -0.1) is 0 Å². The van der Waals surface area contributed by atoms with Crippen LogP contribution in [0, 0.1) is 5.82 Å². The number of likely N-dealkylation sites (tertiary alicyclic amines) is 1. The smallest absolute Gasteiger partial charge is 0.387 e. The van der Waals surface area contributed by atoms with E-state index in [0.29, 0.717) is 31.6 Å². The molecule has 7 nitrogen and oxygen atoms in total. The second kappa shape index (κ2) is 11.0. The van der Waals surface area contributed by atoms with Gasteiger partial charge in [-0.3, -0.25) is 9.59 Å². The van der Waals surface area contributed by atoms with Crippen LogP contribution in [0.2, 0.25) is 0 Å². The molecule has 0 spiro atoms. The minimum atomic E-state index is -3.07. The molecule has 196 valence electrons. The summed E-state index contributed by atoms with van der Waals surface area (Å²) >= 11 is 0. The molecule has 0 radical (unpaired) electrons. The van der Waals surface area contributed by atoms with Gasteiger partial charge in [0.1, 0.15) is 18.1 Å². The lowest BCUT2D eigenvalue weighted by Gasteiger charge is -2.32. The minimum Gasteiger partial charge on any atom is -0.435 e. The van der Waals surface area contributed by atoms with Gasteiger partial charge in [-0.2, -0.15) is 8.78 Å². The topological polar surface area (TPSA) is 76.5 Å². The Morgan fingerprint density at radius 1 is 1.03 bits per heavy atom. The minimum absolute atomic E-state index is 0.150. The maximum absolute atomic E-state index is 14.3. The summed E-state index contributed by atoms with van der Waals surface area (Å²) in [6.45, 7) is -2.04. The van der Waals surface area contributed by atoms with Crippen LogP contribution in [0.4, 0.5) is 18.9 Å². The zero-order valence-corrected chi connectivity index (χ0v) is 20.3. The van der Waals surface area contributed by atoms with E-state index in [0.717, 1.165) is 28.7 Å². The quantitative estimate of drug-likeness (QED) is 0.351. The average molecular weight is 523 g/mol. The van der Waals surface area contributed by atoms with Crippen LogP contribution in [-0.2, 0) is 11.3 Å². The standard InChI is InChI=1S/C28H25F3N4O3/c29-23-15-21(38-28(30)31)9-10-22(23)27(37)34-13-11-19(12-14-34)18-5-7-20(8-6-18)33-26(36)16-35-17-32-24-3-1-2-4-25(24)35/h1-10,15,17,19,28H,11-14,16H2,(H,33,36). The fourth-order valence-corrected chi connectivity index (χ4v) is 4.76. The van der Waals surface area contributed by atoms with Crippen molar-refractivity contribution in [2.24, 2.45) is 0 Å². The number of alkyl halides is 2. The zero-order valence-electron chi connectivity index (χ0n) is 20.3. The number of imidazole rings is 1. The van der Waals surface area contributed by atoms with Gasteiger partial charge in [-0.05, 0) is 60.7 Å². The molecule has 0 unspecified atom stereocenters. The molecule has 3 aromatic carbocycles. The van der Waals surface area contributed by atoms with E-state index in [2.05, 4.69) is 15.0 Å². The molecule has 10 heteroatoms.